The van der Waals surface area contributed by atoms with Crippen LogP contribution < -0.4 is 4.74 Å². The molecule has 0 radical (unpaired) electrons. The summed E-state index contributed by atoms with van der Waals surface area (Å²) in [6.07, 6.45) is 1.73. The second-order valence-electron chi connectivity index (χ2n) is 4.25. The summed E-state index contributed by atoms with van der Waals surface area (Å²) < 4.78 is 5.18. The molecule has 0 saturated carbocycles. The van der Waals surface area contributed by atoms with Crippen molar-refractivity contribution in [1.29, 1.82) is 0 Å². The first kappa shape index (κ1) is 11.5. The van der Waals surface area contributed by atoms with E-state index in [9.17, 15) is 4.79 Å². The molecule has 2 aromatic carbocycles. The minimum Gasteiger partial charge on any atom is -0.497 e. The first-order valence-electron chi connectivity index (χ1n) is 5.79. The number of carboxylic acid groups (broad SMARTS) is 1. The van der Waals surface area contributed by atoms with Gasteiger partial charge in [0.2, 0.25) is 0 Å². The van der Waals surface area contributed by atoms with Crippen LogP contribution in [-0.2, 0) is 0 Å². The lowest BCUT2D eigenvalue weighted by Gasteiger charge is -2.06. The number of methoxy groups -OCH3 is 1. The van der Waals surface area contributed by atoms with Crippen molar-refractivity contribution in [2.75, 3.05) is 7.11 Å². The van der Waals surface area contributed by atoms with Gasteiger partial charge in [0.1, 0.15) is 5.75 Å². The summed E-state index contributed by atoms with van der Waals surface area (Å²) in [5, 5.41) is 11.9. The molecule has 1 heterocycles. The van der Waals surface area contributed by atoms with Crippen LogP contribution in [0.3, 0.4) is 0 Å². The lowest BCUT2D eigenvalue weighted by atomic mass is 10.0. The Bertz CT molecular complexity index is 796. The molecule has 19 heavy (non-hydrogen) atoms. The van der Waals surface area contributed by atoms with Crippen LogP contribution in [0.2, 0.25) is 0 Å². The van der Waals surface area contributed by atoms with Crippen molar-refractivity contribution < 1.29 is 14.6 Å². The van der Waals surface area contributed by atoms with Crippen molar-refractivity contribution in [3.05, 3.63) is 48.2 Å². The van der Waals surface area contributed by atoms with E-state index in [-0.39, 0.29) is 5.56 Å². The number of ether oxygens (including phenoxy) is 1. The van der Waals surface area contributed by atoms with Gasteiger partial charge in [0.05, 0.1) is 18.2 Å². The van der Waals surface area contributed by atoms with Gasteiger partial charge in [0.15, 0.2) is 0 Å². The van der Waals surface area contributed by atoms with Gasteiger partial charge in [-0.05, 0) is 35.7 Å². The maximum absolute atomic E-state index is 10.9. The predicted molar refractivity (Wildman–Crippen MR) is 72.8 cm³/mol. The Morgan fingerprint density at radius 2 is 1.95 bits per heavy atom. The Labute approximate surface area is 109 Å². The standard InChI is InChI=1S/C15H11NO3/c1-19-11-3-5-12-10(6-11)8-16-14-7-9(15(17)18)2-4-13(12)14/h2-8H,1H3,(H,17,18). The van der Waals surface area contributed by atoms with E-state index in [1.165, 1.54) is 0 Å². The number of hydrogen-bond donors (Lipinski definition) is 1. The van der Waals surface area contributed by atoms with E-state index in [1.54, 1.807) is 31.5 Å². The third kappa shape index (κ3) is 1.87. The lowest BCUT2D eigenvalue weighted by molar-refractivity contribution is 0.0697. The molecule has 0 amide bonds. The van der Waals surface area contributed by atoms with E-state index in [4.69, 9.17) is 9.84 Å². The fourth-order valence-corrected chi connectivity index (χ4v) is 2.16. The summed E-state index contributed by atoms with van der Waals surface area (Å²) in [6.45, 7) is 0. The number of nitrogens with zero attached hydrogens (tertiary/aromatic N) is 1. The molecule has 3 rings (SSSR count). The summed E-state index contributed by atoms with van der Waals surface area (Å²) in [5.41, 5.74) is 0.922. The number of rotatable bonds is 2. The predicted octanol–water partition coefficient (Wildman–Crippen LogP) is 3.09. The number of fused-ring (bicyclic) bond motifs is 3. The Hall–Kier alpha value is -2.62. The monoisotopic (exact) mass is 253 g/mol. The molecule has 0 unspecified atom stereocenters. The van der Waals surface area contributed by atoms with Crippen LogP contribution in [0, 0.1) is 0 Å². The molecule has 94 valence electrons. The number of carboxylic acids is 1. The molecule has 0 aliphatic heterocycles. The molecule has 0 saturated heterocycles. The zero-order valence-corrected chi connectivity index (χ0v) is 10.3. The summed E-state index contributed by atoms with van der Waals surface area (Å²) in [4.78, 5) is 15.3. The smallest absolute Gasteiger partial charge is 0.335 e. The van der Waals surface area contributed by atoms with Crippen LogP contribution in [-0.4, -0.2) is 23.2 Å². The van der Waals surface area contributed by atoms with Crippen molar-refractivity contribution in [2.24, 2.45) is 0 Å². The molecule has 0 aliphatic carbocycles. The van der Waals surface area contributed by atoms with Crippen LogP contribution >= 0.6 is 0 Å². The van der Waals surface area contributed by atoms with E-state index in [1.807, 2.05) is 18.2 Å². The van der Waals surface area contributed by atoms with Crippen LogP contribution in [0.15, 0.2) is 42.6 Å². The average molecular weight is 253 g/mol. The maximum Gasteiger partial charge on any atom is 0.335 e. The zero-order chi connectivity index (χ0) is 13.4. The fourth-order valence-electron chi connectivity index (χ4n) is 2.16. The average Bonchev–Trinajstić information content (AvgIpc) is 2.45. The second kappa shape index (κ2) is 4.24. The van der Waals surface area contributed by atoms with Crippen LogP contribution in [0.25, 0.3) is 21.7 Å². The molecule has 4 nitrogen and oxygen atoms in total. The number of hydrogen-bond acceptors (Lipinski definition) is 3. The van der Waals surface area contributed by atoms with Crippen molar-refractivity contribution in [3.63, 3.8) is 0 Å². The molecule has 0 spiro atoms. The van der Waals surface area contributed by atoms with Crippen molar-refractivity contribution >= 4 is 27.6 Å². The molecular formula is C15H11NO3. The second-order valence-corrected chi connectivity index (χ2v) is 4.25. The van der Waals surface area contributed by atoms with Crippen molar-refractivity contribution in [2.45, 2.75) is 0 Å². The molecule has 3 aromatic rings. The highest BCUT2D eigenvalue weighted by molar-refractivity contribution is 6.07. The van der Waals surface area contributed by atoms with Gasteiger partial charge in [-0.2, -0.15) is 0 Å². The van der Waals surface area contributed by atoms with E-state index >= 15 is 0 Å². The van der Waals surface area contributed by atoms with Gasteiger partial charge >= 0.3 is 5.97 Å². The first-order chi connectivity index (χ1) is 9.19. The highest BCUT2D eigenvalue weighted by Gasteiger charge is 2.07. The van der Waals surface area contributed by atoms with Gasteiger partial charge in [-0.1, -0.05) is 6.07 Å². The number of pyridine rings is 1. The van der Waals surface area contributed by atoms with E-state index < -0.39 is 5.97 Å². The summed E-state index contributed by atoms with van der Waals surface area (Å²) >= 11 is 0. The normalized spacial score (nSPS) is 10.8. The highest BCUT2D eigenvalue weighted by atomic mass is 16.5. The van der Waals surface area contributed by atoms with Gasteiger partial charge < -0.3 is 9.84 Å². The molecule has 4 heteroatoms. The summed E-state index contributed by atoms with van der Waals surface area (Å²) in [7, 11) is 1.62. The van der Waals surface area contributed by atoms with Crippen molar-refractivity contribution in [1.82, 2.24) is 4.98 Å². The van der Waals surface area contributed by atoms with Gasteiger partial charge in [0, 0.05) is 17.0 Å². The quantitative estimate of drug-likeness (QED) is 0.713. The largest absolute Gasteiger partial charge is 0.497 e. The van der Waals surface area contributed by atoms with Gasteiger partial charge in [-0.3, -0.25) is 4.98 Å². The fraction of sp³-hybridized carbons (Fsp3) is 0.0667. The zero-order valence-electron chi connectivity index (χ0n) is 10.3. The molecule has 0 aliphatic rings. The molecule has 1 aromatic heterocycles. The SMILES string of the molecule is COc1ccc2c(cnc3cc(C(=O)O)ccc32)c1. The topological polar surface area (TPSA) is 59.4 Å². The maximum atomic E-state index is 10.9. The van der Waals surface area contributed by atoms with Crippen LogP contribution in [0.5, 0.6) is 5.75 Å². The Kier molecular flexibility index (Phi) is 2.56. The van der Waals surface area contributed by atoms with Crippen LogP contribution in [0.4, 0.5) is 0 Å². The highest BCUT2D eigenvalue weighted by Crippen LogP contribution is 2.27. The van der Waals surface area contributed by atoms with Gasteiger partial charge in [-0.25, -0.2) is 4.79 Å². The lowest BCUT2D eigenvalue weighted by Crippen LogP contribution is -1.96. The molecule has 0 bridgehead atoms. The number of aromatic carboxylic acids is 1. The Balaban J connectivity index is 2.31. The van der Waals surface area contributed by atoms with Gasteiger partial charge in [0.25, 0.3) is 0 Å². The molecule has 0 atom stereocenters. The Morgan fingerprint density at radius 3 is 2.68 bits per heavy atom. The number of carbonyl (C=O) groups is 1. The van der Waals surface area contributed by atoms with E-state index in [2.05, 4.69) is 4.98 Å². The first-order valence-corrected chi connectivity index (χ1v) is 5.79. The summed E-state index contributed by atoms with van der Waals surface area (Å²) in [6, 6.07) is 10.7. The van der Waals surface area contributed by atoms with Crippen LogP contribution in [0.1, 0.15) is 10.4 Å². The number of aromatic nitrogens is 1. The third-order valence-electron chi connectivity index (χ3n) is 3.14. The molecular weight excluding hydrogens is 242 g/mol. The molecule has 0 fully saturated rings. The minimum absolute atomic E-state index is 0.243. The minimum atomic E-state index is -0.946. The van der Waals surface area contributed by atoms with E-state index in [0.29, 0.717) is 5.52 Å². The van der Waals surface area contributed by atoms with Crippen molar-refractivity contribution in [3.8, 4) is 5.75 Å². The number of benzene rings is 2. The third-order valence-corrected chi connectivity index (χ3v) is 3.14. The molecule has 1 N–H and O–H groups in total. The van der Waals surface area contributed by atoms with E-state index in [0.717, 1.165) is 21.9 Å². The Morgan fingerprint density at radius 1 is 1.16 bits per heavy atom. The summed E-state index contributed by atoms with van der Waals surface area (Å²) in [5.74, 6) is -0.172. The van der Waals surface area contributed by atoms with Gasteiger partial charge in [-0.15, -0.1) is 0 Å².